The van der Waals surface area contributed by atoms with Gasteiger partial charge in [-0.1, -0.05) is 60.2 Å². The van der Waals surface area contributed by atoms with Crippen molar-refractivity contribution in [3.63, 3.8) is 0 Å². The number of methoxy groups -OCH3 is 2. The summed E-state index contributed by atoms with van der Waals surface area (Å²) in [7, 11) is 3.37. The van der Waals surface area contributed by atoms with Gasteiger partial charge in [-0.3, -0.25) is 4.90 Å². The summed E-state index contributed by atoms with van der Waals surface area (Å²) < 4.78 is 17.8. The zero-order valence-corrected chi connectivity index (χ0v) is 19.8. The van der Waals surface area contributed by atoms with Gasteiger partial charge in [-0.05, 0) is 48.7 Å². The lowest BCUT2D eigenvalue weighted by atomic mass is 9.95. The average Bonchev–Trinajstić information content (AvgIpc) is 3.14. The third-order valence-electron chi connectivity index (χ3n) is 6.16. The molecule has 1 aliphatic rings. The Bertz CT molecular complexity index is 988. The van der Waals surface area contributed by atoms with Crippen molar-refractivity contribution in [3.8, 4) is 17.2 Å². The van der Waals surface area contributed by atoms with Gasteiger partial charge in [0.2, 0.25) is 5.75 Å². The SMILES string of the molecule is COc1cc(C(c2ccc(C)cc2)N2CCCNCC2)cc(OC)c1OCc1ccccc1. The van der Waals surface area contributed by atoms with Gasteiger partial charge < -0.3 is 19.5 Å². The van der Waals surface area contributed by atoms with E-state index >= 15 is 0 Å². The Kier molecular flexibility index (Phi) is 7.87. The smallest absolute Gasteiger partial charge is 0.203 e. The van der Waals surface area contributed by atoms with Gasteiger partial charge >= 0.3 is 0 Å². The summed E-state index contributed by atoms with van der Waals surface area (Å²) >= 11 is 0. The molecule has 33 heavy (non-hydrogen) atoms. The average molecular weight is 447 g/mol. The summed E-state index contributed by atoms with van der Waals surface area (Å²) in [4.78, 5) is 2.55. The second kappa shape index (κ2) is 11.2. The maximum absolute atomic E-state index is 6.18. The van der Waals surface area contributed by atoms with Crippen molar-refractivity contribution in [1.82, 2.24) is 10.2 Å². The quantitative estimate of drug-likeness (QED) is 0.529. The highest BCUT2D eigenvalue weighted by molar-refractivity contribution is 5.55. The Hall–Kier alpha value is -3.02. The van der Waals surface area contributed by atoms with E-state index < -0.39 is 0 Å². The molecular formula is C28H34N2O3. The molecule has 1 fully saturated rings. The van der Waals surface area contributed by atoms with Gasteiger partial charge in [0.05, 0.1) is 20.3 Å². The molecule has 1 unspecified atom stereocenters. The Morgan fingerprint density at radius 3 is 2.21 bits per heavy atom. The molecule has 0 aromatic heterocycles. The third-order valence-corrected chi connectivity index (χ3v) is 6.16. The highest BCUT2D eigenvalue weighted by atomic mass is 16.5. The van der Waals surface area contributed by atoms with Crippen LogP contribution in [-0.4, -0.2) is 45.3 Å². The number of ether oxygens (including phenoxy) is 3. The fraction of sp³-hybridized carbons (Fsp3) is 0.357. The Balaban J connectivity index is 1.72. The first-order valence-corrected chi connectivity index (χ1v) is 11.6. The van der Waals surface area contributed by atoms with Crippen LogP contribution in [0.4, 0.5) is 0 Å². The van der Waals surface area contributed by atoms with E-state index in [1.54, 1.807) is 14.2 Å². The van der Waals surface area contributed by atoms with E-state index in [0.717, 1.165) is 43.7 Å². The van der Waals surface area contributed by atoms with Crippen molar-refractivity contribution in [2.24, 2.45) is 0 Å². The summed E-state index contributed by atoms with van der Waals surface area (Å²) in [5, 5.41) is 3.52. The maximum atomic E-state index is 6.18. The Morgan fingerprint density at radius 2 is 1.55 bits per heavy atom. The van der Waals surface area contributed by atoms with Crippen LogP contribution in [0.2, 0.25) is 0 Å². The predicted octanol–water partition coefficient (Wildman–Crippen LogP) is 4.98. The van der Waals surface area contributed by atoms with Crippen molar-refractivity contribution in [3.05, 3.63) is 89.0 Å². The standard InChI is InChI=1S/C28H34N2O3/c1-21-10-12-23(13-11-21)27(30-16-7-14-29-15-17-30)24-18-25(31-2)28(26(19-24)32-3)33-20-22-8-5-4-6-9-22/h4-6,8-13,18-19,27,29H,7,14-17,20H2,1-3H3. The van der Waals surface area contributed by atoms with E-state index in [-0.39, 0.29) is 6.04 Å². The number of hydrogen-bond donors (Lipinski definition) is 1. The van der Waals surface area contributed by atoms with E-state index in [9.17, 15) is 0 Å². The first kappa shape index (κ1) is 23.1. The zero-order chi connectivity index (χ0) is 23.0. The summed E-state index contributed by atoms with van der Waals surface area (Å²) in [6, 6.07) is 23.3. The molecular weight excluding hydrogens is 412 g/mol. The Labute approximate surface area is 197 Å². The molecule has 1 N–H and O–H groups in total. The summed E-state index contributed by atoms with van der Waals surface area (Å²) in [5.41, 5.74) is 4.77. The summed E-state index contributed by atoms with van der Waals surface area (Å²) in [6.45, 7) is 6.62. The van der Waals surface area contributed by atoms with Gasteiger partial charge in [-0.2, -0.15) is 0 Å². The molecule has 0 radical (unpaired) electrons. The molecule has 5 nitrogen and oxygen atoms in total. The van der Waals surface area contributed by atoms with Crippen LogP contribution in [0.5, 0.6) is 17.2 Å². The number of hydrogen-bond acceptors (Lipinski definition) is 5. The number of benzene rings is 3. The zero-order valence-electron chi connectivity index (χ0n) is 19.8. The molecule has 1 aliphatic heterocycles. The molecule has 1 heterocycles. The fourth-order valence-corrected chi connectivity index (χ4v) is 4.42. The van der Waals surface area contributed by atoms with E-state index in [1.165, 1.54) is 11.1 Å². The van der Waals surface area contributed by atoms with Crippen molar-refractivity contribution < 1.29 is 14.2 Å². The van der Waals surface area contributed by atoms with Crippen LogP contribution in [0.3, 0.4) is 0 Å². The second-order valence-corrected chi connectivity index (χ2v) is 8.48. The molecule has 1 saturated heterocycles. The molecule has 0 bridgehead atoms. The molecule has 3 aromatic rings. The molecule has 1 atom stereocenters. The third kappa shape index (κ3) is 5.67. The van der Waals surface area contributed by atoms with Crippen LogP contribution in [0.15, 0.2) is 66.7 Å². The monoisotopic (exact) mass is 446 g/mol. The van der Waals surface area contributed by atoms with Crippen molar-refractivity contribution >= 4 is 0 Å². The predicted molar refractivity (Wildman–Crippen MR) is 132 cm³/mol. The first-order chi connectivity index (χ1) is 16.2. The molecule has 3 aromatic carbocycles. The molecule has 174 valence electrons. The molecule has 5 heteroatoms. The second-order valence-electron chi connectivity index (χ2n) is 8.48. The molecule has 4 rings (SSSR count). The van der Waals surface area contributed by atoms with Crippen LogP contribution >= 0.6 is 0 Å². The molecule has 0 saturated carbocycles. The van der Waals surface area contributed by atoms with Crippen molar-refractivity contribution in [2.75, 3.05) is 40.4 Å². The van der Waals surface area contributed by atoms with E-state index in [2.05, 4.69) is 53.5 Å². The minimum atomic E-state index is 0.108. The van der Waals surface area contributed by atoms with E-state index in [1.807, 2.05) is 30.3 Å². The van der Waals surface area contributed by atoms with Gasteiger partial charge in [-0.15, -0.1) is 0 Å². The van der Waals surface area contributed by atoms with Crippen molar-refractivity contribution in [1.29, 1.82) is 0 Å². The molecule has 0 spiro atoms. The van der Waals surface area contributed by atoms with E-state index in [4.69, 9.17) is 14.2 Å². The normalized spacial score (nSPS) is 15.5. The molecule has 0 aliphatic carbocycles. The van der Waals surface area contributed by atoms with Crippen molar-refractivity contribution in [2.45, 2.75) is 26.0 Å². The van der Waals surface area contributed by atoms with Crippen LogP contribution in [0.25, 0.3) is 0 Å². The van der Waals surface area contributed by atoms with Gasteiger partial charge in [0.25, 0.3) is 0 Å². The highest BCUT2D eigenvalue weighted by Gasteiger charge is 2.26. The number of nitrogens with one attached hydrogen (secondary N) is 1. The lowest BCUT2D eigenvalue weighted by Gasteiger charge is -2.32. The van der Waals surface area contributed by atoms with Gasteiger partial charge in [0, 0.05) is 19.6 Å². The highest BCUT2D eigenvalue weighted by Crippen LogP contribution is 2.43. The minimum Gasteiger partial charge on any atom is -0.493 e. The lowest BCUT2D eigenvalue weighted by molar-refractivity contribution is 0.237. The number of aryl methyl sites for hydroxylation is 1. The fourth-order valence-electron chi connectivity index (χ4n) is 4.42. The van der Waals surface area contributed by atoms with Crippen LogP contribution < -0.4 is 19.5 Å². The number of nitrogens with zero attached hydrogens (tertiary/aromatic N) is 1. The largest absolute Gasteiger partial charge is 0.493 e. The first-order valence-electron chi connectivity index (χ1n) is 11.6. The summed E-state index contributed by atoms with van der Waals surface area (Å²) in [6.07, 6.45) is 1.12. The van der Waals surface area contributed by atoms with Crippen LogP contribution in [-0.2, 0) is 6.61 Å². The topological polar surface area (TPSA) is 43.0 Å². The van der Waals surface area contributed by atoms with E-state index in [0.29, 0.717) is 23.9 Å². The number of rotatable bonds is 8. The van der Waals surface area contributed by atoms with Crippen LogP contribution in [0, 0.1) is 6.92 Å². The van der Waals surface area contributed by atoms with Crippen LogP contribution in [0.1, 0.15) is 34.7 Å². The maximum Gasteiger partial charge on any atom is 0.203 e. The lowest BCUT2D eigenvalue weighted by Crippen LogP contribution is -2.33. The van der Waals surface area contributed by atoms with Gasteiger partial charge in [0.1, 0.15) is 6.61 Å². The van der Waals surface area contributed by atoms with Gasteiger partial charge in [-0.25, -0.2) is 0 Å². The minimum absolute atomic E-state index is 0.108. The summed E-state index contributed by atoms with van der Waals surface area (Å²) in [5.74, 6) is 2.00. The van der Waals surface area contributed by atoms with Gasteiger partial charge in [0.15, 0.2) is 11.5 Å². The molecule has 0 amide bonds. The Morgan fingerprint density at radius 1 is 0.848 bits per heavy atom.